The van der Waals surface area contributed by atoms with E-state index in [1.165, 1.54) is 6.92 Å². The second-order valence-electron chi connectivity index (χ2n) is 7.67. The number of anilines is 1. The zero-order valence-corrected chi connectivity index (χ0v) is 21.1. The Bertz CT molecular complexity index is 1290. The van der Waals surface area contributed by atoms with Gasteiger partial charge in [-0.3, -0.25) is 9.32 Å². The third kappa shape index (κ3) is 5.59. The van der Waals surface area contributed by atoms with Crippen LogP contribution >= 0.6 is 35.3 Å². The maximum absolute atomic E-state index is 13.4. The third-order valence-corrected chi connectivity index (χ3v) is 7.56. The van der Waals surface area contributed by atoms with E-state index in [2.05, 4.69) is 36.0 Å². The van der Waals surface area contributed by atoms with Crippen molar-refractivity contribution >= 4 is 58.4 Å². The van der Waals surface area contributed by atoms with Crippen LogP contribution in [0.1, 0.15) is 19.4 Å². The number of hydrogen-bond donors (Lipinski definition) is 3. The lowest BCUT2D eigenvalue weighted by atomic mass is 10.1. The van der Waals surface area contributed by atoms with E-state index in [0.29, 0.717) is 17.6 Å². The van der Waals surface area contributed by atoms with Gasteiger partial charge in [-0.05, 0) is 37.6 Å². The molecular weight excluding hydrogens is 551 g/mol. The minimum atomic E-state index is -4.00. The van der Waals surface area contributed by atoms with Gasteiger partial charge in [0.15, 0.2) is 10.8 Å². The van der Waals surface area contributed by atoms with Gasteiger partial charge in [0.25, 0.3) is 0 Å². The lowest BCUT2D eigenvalue weighted by molar-refractivity contribution is -0.138. The molecule has 1 aliphatic rings. The van der Waals surface area contributed by atoms with E-state index in [1.807, 2.05) is 16.7 Å². The number of hydrogen-bond acceptors (Lipinski definition) is 8. The molecule has 0 amide bonds. The lowest BCUT2D eigenvalue weighted by Gasteiger charge is -2.23. The summed E-state index contributed by atoms with van der Waals surface area (Å²) in [6, 6.07) is 5.36. The number of nitrogens with zero attached hydrogens (tertiary/aromatic N) is 4. The predicted octanol–water partition coefficient (Wildman–Crippen LogP) is 4.21. The molecule has 4 N–H and O–H groups in total. The molecule has 0 fully saturated rings. The van der Waals surface area contributed by atoms with Crippen LogP contribution in [-0.2, 0) is 13.9 Å². The van der Waals surface area contributed by atoms with Gasteiger partial charge < -0.3 is 19.9 Å². The number of nitrogen functional groups attached to an aromatic ring is 1. The van der Waals surface area contributed by atoms with Crippen LogP contribution in [0, 0.1) is 5.92 Å². The van der Waals surface area contributed by atoms with Crippen molar-refractivity contribution in [2.75, 3.05) is 12.3 Å². The quantitative estimate of drug-likeness (QED) is 0.193. The number of nitrogens with two attached hydrogens (primary N) is 1. The average Bonchev–Trinajstić information content (AvgIpc) is 3.41. The van der Waals surface area contributed by atoms with Crippen molar-refractivity contribution in [1.82, 2.24) is 24.6 Å². The summed E-state index contributed by atoms with van der Waals surface area (Å²) in [7, 11) is -4.00. The fourth-order valence-corrected chi connectivity index (χ4v) is 5.47. The number of imidazole rings is 1. The van der Waals surface area contributed by atoms with Gasteiger partial charge in [0.2, 0.25) is 5.95 Å². The number of aromatic nitrogens is 4. The summed E-state index contributed by atoms with van der Waals surface area (Å²) in [5.74, 6) is -0.988. The molecule has 0 spiro atoms. The molecule has 0 bridgehead atoms. The highest BCUT2D eigenvalue weighted by molar-refractivity contribution is 9.10. The first-order valence-electron chi connectivity index (χ1n) is 10.2. The molecule has 11 nitrogen and oxygen atoms in total. The molecule has 3 aromatic rings. The number of aliphatic carboxylic acids is 1. The van der Waals surface area contributed by atoms with Crippen LogP contribution in [0.4, 0.5) is 5.95 Å². The first-order valence-corrected chi connectivity index (χ1v) is 12.9. The number of carboxylic acids is 1. The largest absolute Gasteiger partial charge is 0.480 e. The molecule has 4 atom stereocenters. The van der Waals surface area contributed by atoms with Crippen LogP contribution < -0.4 is 15.3 Å². The van der Waals surface area contributed by atoms with Gasteiger partial charge in [0, 0.05) is 10.4 Å². The van der Waals surface area contributed by atoms with Crippen molar-refractivity contribution in [2.45, 2.75) is 25.4 Å². The van der Waals surface area contributed by atoms with Crippen LogP contribution in [0.5, 0.6) is 5.75 Å². The molecule has 2 unspecified atom stereocenters. The molecule has 1 aliphatic carbocycles. The van der Waals surface area contributed by atoms with Gasteiger partial charge >= 0.3 is 13.7 Å². The summed E-state index contributed by atoms with van der Waals surface area (Å²) in [6.45, 7) is 1.39. The topological polar surface area (TPSA) is 154 Å². The maximum atomic E-state index is 13.4. The van der Waals surface area contributed by atoms with Crippen molar-refractivity contribution in [3.05, 3.63) is 52.4 Å². The van der Waals surface area contributed by atoms with Gasteiger partial charge in [-0.2, -0.15) is 15.1 Å². The maximum Gasteiger partial charge on any atom is 0.459 e. The molecule has 0 saturated carbocycles. The highest BCUT2D eigenvalue weighted by Crippen LogP contribution is 2.46. The van der Waals surface area contributed by atoms with E-state index >= 15 is 0 Å². The Balaban J connectivity index is 1.46. The van der Waals surface area contributed by atoms with Crippen LogP contribution in [0.25, 0.3) is 11.2 Å². The molecule has 14 heteroatoms. The lowest BCUT2D eigenvalue weighted by Crippen LogP contribution is -2.33. The van der Waals surface area contributed by atoms with Crippen molar-refractivity contribution in [2.24, 2.45) is 5.92 Å². The summed E-state index contributed by atoms with van der Waals surface area (Å²) in [5.41, 5.74) is 6.68. The van der Waals surface area contributed by atoms with Gasteiger partial charge in [0.05, 0.1) is 19.0 Å². The fourth-order valence-electron chi connectivity index (χ4n) is 3.43. The Hall–Kier alpha value is -2.50. The Morgan fingerprint density at radius 2 is 2.12 bits per heavy atom. The summed E-state index contributed by atoms with van der Waals surface area (Å²) in [6.07, 6.45) is 6.09. The smallest absolute Gasteiger partial charge is 0.459 e. The van der Waals surface area contributed by atoms with Crippen LogP contribution in [0.3, 0.4) is 0 Å². The second kappa shape index (κ2) is 10.0. The van der Waals surface area contributed by atoms with Gasteiger partial charge in [0.1, 0.15) is 17.3 Å². The zero-order valence-electron chi connectivity index (χ0n) is 17.8. The Kier molecular flexibility index (Phi) is 7.25. The highest BCUT2D eigenvalue weighted by Gasteiger charge is 2.33. The molecule has 4 rings (SSSR count). The number of benzene rings is 1. The van der Waals surface area contributed by atoms with Crippen LogP contribution in [0.15, 0.2) is 47.2 Å². The van der Waals surface area contributed by atoms with Crippen LogP contribution in [0.2, 0.25) is 5.15 Å². The minimum Gasteiger partial charge on any atom is -0.480 e. The van der Waals surface area contributed by atoms with E-state index in [1.54, 1.807) is 30.6 Å². The molecule has 180 valence electrons. The average molecular weight is 572 g/mol. The van der Waals surface area contributed by atoms with Gasteiger partial charge in [-0.25, -0.2) is 9.55 Å². The minimum absolute atomic E-state index is 0.0324. The Morgan fingerprint density at radius 1 is 1.38 bits per heavy atom. The van der Waals surface area contributed by atoms with E-state index in [0.717, 1.165) is 4.47 Å². The number of halogens is 2. The molecular formula is C20H21BrClN6O5P. The monoisotopic (exact) mass is 570 g/mol. The van der Waals surface area contributed by atoms with Crippen molar-refractivity contribution in [1.29, 1.82) is 0 Å². The first kappa shape index (κ1) is 24.6. The highest BCUT2D eigenvalue weighted by atomic mass is 79.9. The van der Waals surface area contributed by atoms with Gasteiger partial charge in [-0.15, -0.1) is 0 Å². The number of rotatable bonds is 9. The number of allylic oxidation sites excluding steroid dienone is 1. The first-order chi connectivity index (χ1) is 16.1. The molecule has 0 radical (unpaired) electrons. The van der Waals surface area contributed by atoms with E-state index < -0.39 is 19.8 Å². The molecule has 2 aromatic heterocycles. The number of carbonyl (C=O) groups is 1. The van der Waals surface area contributed by atoms with Crippen molar-refractivity contribution in [3.8, 4) is 5.75 Å². The predicted molar refractivity (Wildman–Crippen MR) is 130 cm³/mol. The number of fused-ring (bicyclic) bond motifs is 1. The van der Waals surface area contributed by atoms with Crippen molar-refractivity contribution in [3.63, 3.8) is 0 Å². The normalized spacial score (nSPS) is 20.3. The van der Waals surface area contributed by atoms with E-state index in [4.69, 9.17) is 26.4 Å². The van der Waals surface area contributed by atoms with Crippen LogP contribution in [-0.4, -0.2) is 43.2 Å². The summed E-state index contributed by atoms with van der Waals surface area (Å²) in [4.78, 5) is 23.7. The Morgan fingerprint density at radius 3 is 2.82 bits per heavy atom. The summed E-state index contributed by atoms with van der Waals surface area (Å²) < 4.78 is 27.3. The van der Waals surface area contributed by atoms with E-state index in [9.17, 15) is 14.5 Å². The molecule has 34 heavy (non-hydrogen) atoms. The number of carboxylic acid groups (broad SMARTS) is 1. The van der Waals surface area contributed by atoms with Gasteiger partial charge in [-0.1, -0.05) is 39.7 Å². The van der Waals surface area contributed by atoms with E-state index in [-0.39, 0.29) is 35.4 Å². The zero-order chi connectivity index (χ0) is 24.5. The SMILES string of the molecule is CC(NP(=O)(OC[C@@H]1C=C[C@H](n2cnc3c(Cl)nc(N)nc32)C1)Oc1ccc(Br)cc1)C(=O)O. The molecule has 0 aliphatic heterocycles. The summed E-state index contributed by atoms with van der Waals surface area (Å²) in [5, 5.41) is 11.9. The number of nitrogens with one attached hydrogen (secondary N) is 1. The second-order valence-corrected chi connectivity index (χ2v) is 10.6. The molecule has 2 heterocycles. The third-order valence-electron chi connectivity index (χ3n) is 5.12. The summed E-state index contributed by atoms with van der Waals surface area (Å²) >= 11 is 9.43. The fraction of sp³-hybridized carbons (Fsp3) is 0.300. The molecule has 0 saturated heterocycles. The van der Waals surface area contributed by atoms with Crippen molar-refractivity contribution < 1.29 is 23.5 Å². The Labute approximate surface area is 208 Å². The standard InChI is InChI=1S/C20H21BrClN6O5P/c1-11(19(29)30)27-34(31,33-15-6-3-13(21)4-7-15)32-9-12-2-5-14(8-12)28-10-24-16-17(22)25-20(23)26-18(16)28/h2-7,10-12,14H,8-9H2,1H3,(H,27,31)(H,29,30)(H2,23,25,26)/t11?,12-,14+,34?/m1/s1. The molecule has 1 aromatic carbocycles.